The van der Waals surface area contributed by atoms with Crippen molar-refractivity contribution in [1.29, 1.82) is 0 Å². The van der Waals surface area contributed by atoms with E-state index in [0.29, 0.717) is 23.8 Å². The van der Waals surface area contributed by atoms with Crippen LogP contribution in [-0.2, 0) is 0 Å². The molecule has 0 atom stereocenters. The van der Waals surface area contributed by atoms with E-state index in [1.165, 1.54) is 12.5 Å². The maximum absolute atomic E-state index is 12.2. The topological polar surface area (TPSA) is 92.5 Å². The summed E-state index contributed by atoms with van der Waals surface area (Å²) in [5.74, 6) is 0.903. The van der Waals surface area contributed by atoms with Crippen molar-refractivity contribution in [2.45, 2.75) is 19.8 Å². The lowest BCUT2D eigenvalue weighted by Gasteiger charge is -2.09. The fourth-order valence-corrected chi connectivity index (χ4v) is 2.29. The molecular weight excluding hydrogens is 332 g/mol. The molecule has 2 aromatic heterocycles. The number of H-pyrrole nitrogens is 1. The van der Waals surface area contributed by atoms with Crippen LogP contribution >= 0.6 is 0 Å². The van der Waals surface area contributed by atoms with Crippen molar-refractivity contribution < 1.29 is 13.9 Å². The van der Waals surface area contributed by atoms with Crippen LogP contribution in [0, 0.1) is 0 Å². The number of aromatic nitrogens is 2. The van der Waals surface area contributed by atoms with Crippen LogP contribution in [0.25, 0.3) is 11.3 Å². The van der Waals surface area contributed by atoms with Crippen LogP contribution in [0.2, 0.25) is 0 Å². The quantitative estimate of drug-likeness (QED) is 0.368. The number of amides is 1. The summed E-state index contributed by atoms with van der Waals surface area (Å²) in [5.41, 5.74) is 4.20. The molecule has 0 spiro atoms. The highest BCUT2D eigenvalue weighted by molar-refractivity contribution is 5.94. The molecule has 3 aromatic rings. The van der Waals surface area contributed by atoms with E-state index in [-0.39, 0.29) is 0 Å². The standard InChI is InChI=1S/C19H20N4O3/c1-2-3-10-26-18-9-5-4-8-15(18)16-12-17(22-21-16)19(24)23-20-13-14-7-6-11-25-14/h4-9,11-13H,2-3,10H2,1H3,(H,21,22)(H,23,24)/b20-13+. The number of aromatic amines is 1. The molecule has 0 aliphatic rings. The second kappa shape index (κ2) is 8.66. The van der Waals surface area contributed by atoms with Crippen LogP contribution in [0.4, 0.5) is 0 Å². The van der Waals surface area contributed by atoms with Crippen molar-refractivity contribution in [2.75, 3.05) is 6.61 Å². The molecule has 0 radical (unpaired) electrons. The Morgan fingerprint density at radius 1 is 1.35 bits per heavy atom. The number of rotatable bonds is 8. The first-order valence-electron chi connectivity index (χ1n) is 8.42. The van der Waals surface area contributed by atoms with Crippen molar-refractivity contribution >= 4 is 12.1 Å². The average Bonchev–Trinajstić information content (AvgIpc) is 3.34. The van der Waals surface area contributed by atoms with E-state index >= 15 is 0 Å². The summed E-state index contributed by atoms with van der Waals surface area (Å²) in [4.78, 5) is 12.2. The predicted octanol–water partition coefficient (Wildman–Crippen LogP) is 3.61. The lowest BCUT2D eigenvalue weighted by Crippen LogP contribution is -2.17. The Morgan fingerprint density at radius 3 is 3.04 bits per heavy atom. The fraction of sp³-hybridized carbons (Fsp3) is 0.211. The summed E-state index contributed by atoms with van der Waals surface area (Å²) in [6.07, 6.45) is 5.00. The van der Waals surface area contributed by atoms with Crippen LogP contribution in [0.3, 0.4) is 0 Å². The number of carbonyl (C=O) groups excluding carboxylic acids is 1. The molecule has 0 aliphatic carbocycles. The van der Waals surface area contributed by atoms with Gasteiger partial charge in [0.2, 0.25) is 0 Å². The third-order valence-corrected chi connectivity index (χ3v) is 3.64. The monoisotopic (exact) mass is 352 g/mol. The fourth-order valence-electron chi connectivity index (χ4n) is 2.29. The number of carbonyl (C=O) groups is 1. The zero-order chi connectivity index (χ0) is 18.2. The van der Waals surface area contributed by atoms with Gasteiger partial charge in [-0.1, -0.05) is 25.5 Å². The predicted molar refractivity (Wildman–Crippen MR) is 98.2 cm³/mol. The number of ether oxygens (including phenoxy) is 1. The normalized spacial score (nSPS) is 11.0. The maximum Gasteiger partial charge on any atom is 0.289 e. The van der Waals surface area contributed by atoms with Crippen LogP contribution in [-0.4, -0.2) is 28.9 Å². The van der Waals surface area contributed by atoms with Gasteiger partial charge in [0.25, 0.3) is 5.91 Å². The number of benzene rings is 1. The molecule has 3 rings (SSSR count). The molecule has 0 unspecified atom stereocenters. The maximum atomic E-state index is 12.2. The van der Waals surface area contributed by atoms with Crippen LogP contribution in [0.1, 0.15) is 36.0 Å². The summed E-state index contributed by atoms with van der Waals surface area (Å²) < 4.78 is 10.9. The van der Waals surface area contributed by atoms with Gasteiger partial charge >= 0.3 is 0 Å². The molecule has 134 valence electrons. The second-order valence-corrected chi connectivity index (χ2v) is 5.58. The first-order chi connectivity index (χ1) is 12.8. The number of hydrazone groups is 1. The molecule has 2 N–H and O–H groups in total. The Hall–Kier alpha value is -3.35. The molecule has 7 heteroatoms. The number of para-hydroxylation sites is 1. The molecule has 7 nitrogen and oxygen atoms in total. The van der Waals surface area contributed by atoms with Crippen molar-refractivity contribution in [1.82, 2.24) is 15.6 Å². The van der Waals surface area contributed by atoms with Gasteiger partial charge in [-0.3, -0.25) is 9.89 Å². The lowest BCUT2D eigenvalue weighted by atomic mass is 10.1. The largest absolute Gasteiger partial charge is 0.493 e. The van der Waals surface area contributed by atoms with Crippen molar-refractivity contribution in [3.8, 4) is 17.0 Å². The van der Waals surface area contributed by atoms with E-state index in [4.69, 9.17) is 9.15 Å². The van der Waals surface area contributed by atoms with Gasteiger partial charge in [0.1, 0.15) is 17.2 Å². The molecular formula is C19H20N4O3. The zero-order valence-electron chi connectivity index (χ0n) is 14.4. The third kappa shape index (κ3) is 4.38. The van der Waals surface area contributed by atoms with Gasteiger partial charge in [-0.15, -0.1) is 0 Å². The SMILES string of the molecule is CCCCOc1ccccc1-c1cc(C(=O)N/N=C/c2ccco2)[nH]n1. The summed E-state index contributed by atoms with van der Waals surface area (Å²) in [6.45, 7) is 2.76. The molecule has 0 saturated carbocycles. The molecule has 0 bridgehead atoms. The minimum atomic E-state index is -0.393. The average molecular weight is 352 g/mol. The van der Waals surface area contributed by atoms with E-state index in [9.17, 15) is 4.79 Å². The van der Waals surface area contributed by atoms with Crippen LogP contribution < -0.4 is 10.2 Å². The molecule has 1 amide bonds. The minimum absolute atomic E-state index is 0.306. The minimum Gasteiger partial charge on any atom is -0.493 e. The van der Waals surface area contributed by atoms with Crippen molar-refractivity contribution in [3.05, 3.63) is 60.2 Å². The third-order valence-electron chi connectivity index (χ3n) is 3.64. The van der Waals surface area contributed by atoms with Gasteiger partial charge in [-0.25, -0.2) is 5.43 Å². The first kappa shape index (κ1) is 17.5. The molecule has 0 saturated heterocycles. The van der Waals surface area contributed by atoms with Gasteiger partial charge in [0.05, 0.1) is 24.8 Å². The number of nitrogens with zero attached hydrogens (tertiary/aromatic N) is 2. The Kier molecular flexibility index (Phi) is 5.82. The Bertz CT molecular complexity index is 869. The Morgan fingerprint density at radius 2 is 2.23 bits per heavy atom. The van der Waals surface area contributed by atoms with Crippen LogP contribution in [0.5, 0.6) is 5.75 Å². The number of nitrogens with one attached hydrogen (secondary N) is 2. The number of furan rings is 1. The van der Waals surface area contributed by atoms with Gasteiger partial charge in [-0.05, 0) is 36.8 Å². The van der Waals surface area contributed by atoms with E-state index in [2.05, 4.69) is 27.6 Å². The van der Waals surface area contributed by atoms with Crippen molar-refractivity contribution in [3.63, 3.8) is 0 Å². The second-order valence-electron chi connectivity index (χ2n) is 5.58. The lowest BCUT2D eigenvalue weighted by molar-refractivity contribution is 0.0950. The molecule has 0 aliphatic heterocycles. The number of hydrogen-bond donors (Lipinski definition) is 2. The molecule has 0 fully saturated rings. The van der Waals surface area contributed by atoms with Gasteiger partial charge in [0, 0.05) is 5.56 Å². The molecule has 1 aromatic carbocycles. The van der Waals surface area contributed by atoms with Gasteiger partial charge in [-0.2, -0.15) is 10.2 Å². The zero-order valence-corrected chi connectivity index (χ0v) is 14.4. The Labute approximate surface area is 151 Å². The molecule has 26 heavy (non-hydrogen) atoms. The highest BCUT2D eigenvalue weighted by Crippen LogP contribution is 2.28. The Balaban J connectivity index is 1.68. The summed E-state index contributed by atoms with van der Waals surface area (Å²) in [5, 5.41) is 10.8. The number of hydrogen-bond acceptors (Lipinski definition) is 5. The highest BCUT2D eigenvalue weighted by atomic mass is 16.5. The van der Waals surface area contributed by atoms with Crippen LogP contribution in [0.15, 0.2) is 58.2 Å². The molecule has 2 heterocycles. The number of unbranched alkanes of at least 4 members (excludes halogenated alkanes) is 1. The van der Waals surface area contributed by atoms with E-state index in [1.54, 1.807) is 18.2 Å². The van der Waals surface area contributed by atoms with Crippen molar-refractivity contribution in [2.24, 2.45) is 5.10 Å². The van der Waals surface area contributed by atoms with E-state index < -0.39 is 5.91 Å². The van der Waals surface area contributed by atoms with Gasteiger partial charge in [0.15, 0.2) is 0 Å². The van der Waals surface area contributed by atoms with E-state index in [1.807, 2.05) is 24.3 Å². The highest BCUT2D eigenvalue weighted by Gasteiger charge is 2.13. The summed E-state index contributed by atoms with van der Waals surface area (Å²) in [6, 6.07) is 12.8. The van der Waals surface area contributed by atoms with E-state index in [0.717, 1.165) is 24.2 Å². The van der Waals surface area contributed by atoms with Gasteiger partial charge < -0.3 is 9.15 Å². The first-order valence-corrected chi connectivity index (χ1v) is 8.42. The summed E-state index contributed by atoms with van der Waals surface area (Å²) >= 11 is 0. The smallest absolute Gasteiger partial charge is 0.289 e. The summed E-state index contributed by atoms with van der Waals surface area (Å²) in [7, 11) is 0.